The van der Waals surface area contributed by atoms with Crippen molar-refractivity contribution in [2.24, 2.45) is 0 Å². The molecule has 0 aliphatic rings. The van der Waals surface area contributed by atoms with Gasteiger partial charge in [-0.1, -0.05) is 19.8 Å². The number of hydrogen-bond donors (Lipinski definition) is 0. The van der Waals surface area contributed by atoms with E-state index in [4.69, 9.17) is 23.7 Å². The van der Waals surface area contributed by atoms with E-state index < -0.39 is 35.9 Å². The lowest BCUT2D eigenvalue weighted by Crippen LogP contribution is -2.32. The Bertz CT molecular complexity index is 407. The van der Waals surface area contributed by atoms with Crippen LogP contribution in [0.5, 0.6) is 0 Å². The zero-order valence-electron chi connectivity index (χ0n) is 16.8. The van der Waals surface area contributed by atoms with Crippen molar-refractivity contribution in [3.63, 3.8) is 0 Å². The van der Waals surface area contributed by atoms with Crippen molar-refractivity contribution in [2.45, 2.75) is 98.2 Å². The maximum Gasteiger partial charge on any atom is 0.511 e. The number of carbonyl (C=O) groups excluding carboxylic acids is 2. The second-order valence-electron chi connectivity index (χ2n) is 7.83. The smallest absolute Gasteiger partial charge is 0.432 e. The van der Waals surface area contributed by atoms with Gasteiger partial charge in [-0.05, 0) is 54.9 Å². The first-order valence-electron chi connectivity index (χ1n) is 8.73. The lowest BCUT2D eigenvalue weighted by Gasteiger charge is -2.25. The van der Waals surface area contributed by atoms with Gasteiger partial charge in [-0.25, -0.2) is 9.59 Å². The minimum atomic E-state index is -0.820. The molecule has 0 spiro atoms. The molecule has 25 heavy (non-hydrogen) atoms. The Morgan fingerprint density at radius 1 is 0.920 bits per heavy atom. The molecule has 0 aliphatic heterocycles. The first-order valence-corrected chi connectivity index (χ1v) is 8.73. The standard InChI is InChI=1S/C18H34O7/c1-9-10-11-14(12-21-15(19)24-17(3,4)5)22-13(2)23-16(20)25-18(6,7)8/h13-14H,9-12H2,1-8H3. The van der Waals surface area contributed by atoms with Crippen molar-refractivity contribution in [3.8, 4) is 0 Å². The van der Waals surface area contributed by atoms with Gasteiger partial charge in [-0.15, -0.1) is 0 Å². The molecule has 0 radical (unpaired) electrons. The number of carbonyl (C=O) groups is 2. The van der Waals surface area contributed by atoms with Crippen LogP contribution in [0.2, 0.25) is 0 Å². The van der Waals surface area contributed by atoms with E-state index in [-0.39, 0.29) is 6.61 Å². The third-order valence-corrected chi connectivity index (χ3v) is 2.69. The zero-order valence-corrected chi connectivity index (χ0v) is 16.8. The molecular weight excluding hydrogens is 328 g/mol. The Hall–Kier alpha value is -1.50. The van der Waals surface area contributed by atoms with Crippen LogP contribution in [0.3, 0.4) is 0 Å². The highest BCUT2D eigenvalue weighted by atomic mass is 16.8. The fourth-order valence-corrected chi connectivity index (χ4v) is 1.77. The van der Waals surface area contributed by atoms with Gasteiger partial charge in [0.05, 0.1) is 6.10 Å². The van der Waals surface area contributed by atoms with E-state index in [1.807, 2.05) is 6.92 Å². The highest BCUT2D eigenvalue weighted by Gasteiger charge is 2.23. The molecule has 7 heteroatoms. The summed E-state index contributed by atoms with van der Waals surface area (Å²) in [7, 11) is 0. The second-order valence-corrected chi connectivity index (χ2v) is 7.83. The van der Waals surface area contributed by atoms with E-state index in [9.17, 15) is 9.59 Å². The van der Waals surface area contributed by atoms with Crippen LogP contribution in [0, 0.1) is 0 Å². The third kappa shape index (κ3) is 14.5. The van der Waals surface area contributed by atoms with Gasteiger partial charge in [0.1, 0.15) is 17.8 Å². The summed E-state index contributed by atoms with van der Waals surface area (Å²) in [5, 5.41) is 0. The zero-order chi connectivity index (χ0) is 19.7. The predicted molar refractivity (Wildman–Crippen MR) is 93.4 cm³/mol. The minimum Gasteiger partial charge on any atom is -0.432 e. The van der Waals surface area contributed by atoms with Crippen molar-refractivity contribution in [3.05, 3.63) is 0 Å². The topological polar surface area (TPSA) is 80.3 Å². The van der Waals surface area contributed by atoms with E-state index in [1.54, 1.807) is 48.5 Å². The molecule has 0 fully saturated rings. The summed E-state index contributed by atoms with van der Waals surface area (Å²) < 4.78 is 26.0. The summed E-state index contributed by atoms with van der Waals surface area (Å²) in [5.41, 5.74) is -1.26. The van der Waals surface area contributed by atoms with E-state index in [1.165, 1.54) is 0 Å². The second kappa shape index (κ2) is 10.5. The Morgan fingerprint density at radius 3 is 1.92 bits per heavy atom. The SMILES string of the molecule is CCCCC(COC(=O)OC(C)(C)C)OC(C)OC(=O)OC(C)(C)C. The molecule has 0 rings (SSSR count). The average molecular weight is 362 g/mol. The fourth-order valence-electron chi connectivity index (χ4n) is 1.77. The minimum absolute atomic E-state index is 0.0247. The Kier molecular flexibility index (Phi) is 9.85. The maximum absolute atomic E-state index is 11.7. The van der Waals surface area contributed by atoms with Crippen LogP contribution in [-0.4, -0.2) is 42.5 Å². The molecule has 0 aromatic heterocycles. The summed E-state index contributed by atoms with van der Waals surface area (Å²) in [6.45, 7) is 14.2. The quantitative estimate of drug-likeness (QED) is 0.452. The van der Waals surface area contributed by atoms with E-state index in [0.717, 1.165) is 12.8 Å². The van der Waals surface area contributed by atoms with Crippen LogP contribution in [0.15, 0.2) is 0 Å². The molecule has 148 valence electrons. The molecule has 7 nitrogen and oxygen atoms in total. The number of unbranched alkanes of at least 4 members (excludes halogenated alkanes) is 1. The predicted octanol–water partition coefficient (Wildman–Crippen LogP) is 4.81. The summed E-state index contributed by atoms with van der Waals surface area (Å²) in [6, 6.07) is 0. The average Bonchev–Trinajstić information content (AvgIpc) is 2.37. The number of rotatable bonds is 8. The first kappa shape index (κ1) is 23.5. The normalized spacial score (nSPS) is 14.4. The molecule has 0 N–H and O–H groups in total. The van der Waals surface area contributed by atoms with Crippen molar-refractivity contribution in [1.82, 2.24) is 0 Å². The van der Waals surface area contributed by atoms with Crippen LogP contribution in [0.1, 0.15) is 74.7 Å². The molecule has 2 unspecified atom stereocenters. The lowest BCUT2D eigenvalue weighted by atomic mass is 10.2. The van der Waals surface area contributed by atoms with Crippen molar-refractivity contribution in [1.29, 1.82) is 0 Å². The molecule has 0 bridgehead atoms. The summed E-state index contributed by atoms with van der Waals surface area (Å²) in [4.78, 5) is 23.3. The van der Waals surface area contributed by atoms with Crippen LogP contribution < -0.4 is 0 Å². The van der Waals surface area contributed by atoms with Gasteiger partial charge in [0.15, 0.2) is 0 Å². The largest absolute Gasteiger partial charge is 0.511 e. The van der Waals surface area contributed by atoms with Crippen LogP contribution in [-0.2, 0) is 23.7 Å². The Labute approximate surface area is 151 Å². The van der Waals surface area contributed by atoms with Gasteiger partial charge in [0.25, 0.3) is 0 Å². The highest BCUT2D eigenvalue weighted by molar-refractivity contribution is 5.60. The van der Waals surface area contributed by atoms with Gasteiger partial charge in [0.2, 0.25) is 6.29 Å². The summed E-state index contributed by atoms with van der Waals surface area (Å²) in [5.74, 6) is 0. The summed E-state index contributed by atoms with van der Waals surface area (Å²) in [6.07, 6.45) is -0.249. The summed E-state index contributed by atoms with van der Waals surface area (Å²) >= 11 is 0. The number of hydrogen-bond acceptors (Lipinski definition) is 7. The first-order chi connectivity index (χ1) is 11.3. The molecule has 0 aromatic carbocycles. The molecule has 2 atom stereocenters. The number of ether oxygens (including phenoxy) is 5. The van der Waals surface area contributed by atoms with Crippen molar-refractivity contribution >= 4 is 12.3 Å². The molecule has 0 heterocycles. The van der Waals surface area contributed by atoms with Gasteiger partial charge in [-0.2, -0.15) is 0 Å². The van der Waals surface area contributed by atoms with Gasteiger partial charge < -0.3 is 23.7 Å². The molecular formula is C18H34O7. The molecule has 0 saturated carbocycles. The van der Waals surface area contributed by atoms with Crippen LogP contribution in [0.25, 0.3) is 0 Å². The van der Waals surface area contributed by atoms with Crippen molar-refractivity contribution < 1.29 is 33.3 Å². The highest BCUT2D eigenvalue weighted by Crippen LogP contribution is 2.14. The van der Waals surface area contributed by atoms with Gasteiger partial charge in [-0.3, -0.25) is 0 Å². The van der Waals surface area contributed by atoms with Gasteiger partial charge >= 0.3 is 12.3 Å². The fraction of sp³-hybridized carbons (Fsp3) is 0.889. The molecule has 0 aliphatic carbocycles. The van der Waals surface area contributed by atoms with E-state index >= 15 is 0 Å². The van der Waals surface area contributed by atoms with E-state index in [0.29, 0.717) is 6.42 Å². The third-order valence-electron chi connectivity index (χ3n) is 2.69. The van der Waals surface area contributed by atoms with Crippen LogP contribution >= 0.6 is 0 Å². The van der Waals surface area contributed by atoms with Crippen LogP contribution in [0.4, 0.5) is 9.59 Å². The molecule has 0 saturated heterocycles. The Balaban J connectivity index is 4.46. The Morgan fingerprint density at radius 2 is 1.44 bits per heavy atom. The van der Waals surface area contributed by atoms with Gasteiger partial charge in [0, 0.05) is 0 Å². The maximum atomic E-state index is 11.7. The lowest BCUT2D eigenvalue weighted by molar-refractivity contribution is -0.161. The van der Waals surface area contributed by atoms with E-state index in [2.05, 4.69) is 0 Å². The monoisotopic (exact) mass is 362 g/mol. The molecule has 0 amide bonds. The molecule has 0 aromatic rings. The van der Waals surface area contributed by atoms with Crippen molar-refractivity contribution in [2.75, 3.05) is 6.61 Å².